The molecule has 0 amide bonds. The highest BCUT2D eigenvalue weighted by atomic mass is 32.2. The van der Waals surface area contributed by atoms with Crippen LogP contribution >= 0.6 is 23.1 Å². The van der Waals surface area contributed by atoms with Crippen LogP contribution in [-0.2, 0) is 6.54 Å². The van der Waals surface area contributed by atoms with Gasteiger partial charge in [0.15, 0.2) is 5.16 Å². The van der Waals surface area contributed by atoms with Gasteiger partial charge >= 0.3 is 0 Å². The van der Waals surface area contributed by atoms with Crippen molar-refractivity contribution >= 4 is 33.3 Å². The predicted molar refractivity (Wildman–Crippen MR) is 106 cm³/mol. The highest BCUT2D eigenvalue weighted by molar-refractivity contribution is 7.99. The Balaban J connectivity index is 1.71. The van der Waals surface area contributed by atoms with Crippen LogP contribution in [-0.4, -0.2) is 21.9 Å². The Kier molecular flexibility index (Phi) is 5.60. The lowest BCUT2D eigenvalue weighted by atomic mass is 10.1. The van der Waals surface area contributed by atoms with Gasteiger partial charge in [0.05, 0.1) is 12.1 Å². The van der Waals surface area contributed by atoms with Crippen molar-refractivity contribution in [2.75, 3.05) is 12.4 Å². The van der Waals surface area contributed by atoms with Gasteiger partial charge in [0, 0.05) is 12.3 Å². The van der Waals surface area contributed by atoms with Crippen molar-refractivity contribution in [2.45, 2.75) is 25.5 Å². The number of thioether (sulfide) groups is 1. The van der Waals surface area contributed by atoms with E-state index < -0.39 is 0 Å². The number of fused-ring (bicyclic) bond motifs is 1. The molecular weight excluding hydrogens is 352 g/mol. The fraction of sp³-hybridized carbons (Fsp3) is 0.263. The van der Waals surface area contributed by atoms with Gasteiger partial charge in [-0.15, -0.1) is 17.9 Å². The van der Waals surface area contributed by atoms with E-state index in [0.29, 0.717) is 28.8 Å². The van der Waals surface area contributed by atoms with Gasteiger partial charge in [-0.05, 0) is 48.6 Å². The summed E-state index contributed by atoms with van der Waals surface area (Å²) in [7, 11) is 0. The van der Waals surface area contributed by atoms with E-state index >= 15 is 0 Å². The second-order valence-corrected chi connectivity index (χ2v) is 7.73. The summed E-state index contributed by atoms with van der Waals surface area (Å²) in [4.78, 5) is 17.2. The largest absolute Gasteiger partial charge is 0.493 e. The summed E-state index contributed by atoms with van der Waals surface area (Å²) in [6.07, 6.45) is 1.72. The smallest absolute Gasteiger partial charge is 0.272 e. The molecular formula is C19H20N2O2S2. The fourth-order valence-corrected chi connectivity index (χ4v) is 4.24. The van der Waals surface area contributed by atoms with Crippen molar-refractivity contribution in [1.82, 2.24) is 9.55 Å². The van der Waals surface area contributed by atoms with Crippen molar-refractivity contribution < 1.29 is 4.74 Å². The Morgan fingerprint density at radius 1 is 1.32 bits per heavy atom. The summed E-state index contributed by atoms with van der Waals surface area (Å²) < 4.78 is 8.20. The molecule has 0 aliphatic rings. The zero-order valence-corrected chi connectivity index (χ0v) is 16.0. The monoisotopic (exact) mass is 372 g/mol. The minimum Gasteiger partial charge on any atom is -0.493 e. The van der Waals surface area contributed by atoms with Crippen LogP contribution in [0.1, 0.15) is 11.1 Å². The molecule has 0 aliphatic carbocycles. The summed E-state index contributed by atoms with van der Waals surface area (Å²) in [6, 6.07) is 8.06. The Labute approximate surface area is 155 Å². The first-order chi connectivity index (χ1) is 12.1. The van der Waals surface area contributed by atoms with Gasteiger partial charge in [-0.1, -0.05) is 23.9 Å². The van der Waals surface area contributed by atoms with Crippen LogP contribution in [0.4, 0.5) is 0 Å². The molecule has 3 aromatic rings. The summed E-state index contributed by atoms with van der Waals surface area (Å²) in [5.41, 5.74) is 3.13. The normalized spacial score (nSPS) is 11.0. The third kappa shape index (κ3) is 4.14. The average Bonchev–Trinajstić information content (AvgIpc) is 3.02. The third-order valence-corrected chi connectivity index (χ3v) is 5.45. The molecule has 3 rings (SSSR count). The summed E-state index contributed by atoms with van der Waals surface area (Å²) in [5, 5.41) is 2.61. The Morgan fingerprint density at radius 3 is 2.80 bits per heavy atom. The van der Waals surface area contributed by atoms with E-state index in [0.717, 1.165) is 11.3 Å². The Bertz CT molecular complexity index is 939. The fourth-order valence-electron chi connectivity index (χ4n) is 2.63. The van der Waals surface area contributed by atoms with Crippen LogP contribution in [0.15, 0.2) is 52.3 Å². The summed E-state index contributed by atoms with van der Waals surface area (Å²) >= 11 is 2.96. The predicted octanol–water partition coefficient (Wildman–Crippen LogP) is 4.43. The third-order valence-electron chi connectivity index (χ3n) is 3.62. The number of allylic oxidation sites excluding steroid dienone is 1. The summed E-state index contributed by atoms with van der Waals surface area (Å²) in [5.74, 6) is 1.59. The molecule has 25 heavy (non-hydrogen) atoms. The molecule has 0 saturated carbocycles. The maximum atomic E-state index is 12.6. The maximum Gasteiger partial charge on any atom is 0.272 e. The number of hydrogen-bond donors (Lipinski definition) is 0. The quantitative estimate of drug-likeness (QED) is 0.266. The number of aryl methyl sites for hydroxylation is 2. The second kappa shape index (κ2) is 7.89. The van der Waals surface area contributed by atoms with Crippen LogP contribution in [0.2, 0.25) is 0 Å². The second-order valence-electron chi connectivity index (χ2n) is 5.75. The molecule has 1 aromatic carbocycles. The first kappa shape index (κ1) is 17.8. The lowest BCUT2D eigenvalue weighted by Crippen LogP contribution is -2.22. The van der Waals surface area contributed by atoms with E-state index in [4.69, 9.17) is 4.74 Å². The van der Waals surface area contributed by atoms with Crippen molar-refractivity contribution in [3.8, 4) is 5.75 Å². The van der Waals surface area contributed by atoms with Gasteiger partial charge in [0.25, 0.3) is 5.56 Å². The van der Waals surface area contributed by atoms with E-state index in [1.54, 1.807) is 10.6 Å². The standard InChI is InChI=1S/C19H20N2O2S2/c1-4-6-21-18(22)17-16(5-8-24-17)20-19(21)25-9-7-23-15-11-13(2)10-14(3)12-15/h4-5,8,10-12H,1,6-7,9H2,2-3H3. The van der Waals surface area contributed by atoms with Gasteiger partial charge in [-0.25, -0.2) is 4.98 Å². The van der Waals surface area contributed by atoms with Crippen molar-refractivity contribution in [2.24, 2.45) is 0 Å². The highest BCUT2D eigenvalue weighted by Gasteiger charge is 2.11. The molecule has 0 atom stereocenters. The van der Waals surface area contributed by atoms with E-state index in [9.17, 15) is 4.79 Å². The molecule has 2 aromatic heterocycles. The first-order valence-corrected chi connectivity index (χ1v) is 9.88. The maximum absolute atomic E-state index is 12.6. The molecule has 0 saturated heterocycles. The number of thiophene rings is 1. The minimum absolute atomic E-state index is 0.00220. The molecule has 4 nitrogen and oxygen atoms in total. The molecule has 130 valence electrons. The van der Waals surface area contributed by atoms with Gasteiger partial charge in [0.1, 0.15) is 10.4 Å². The van der Waals surface area contributed by atoms with Crippen molar-refractivity contribution in [3.05, 3.63) is 63.8 Å². The number of ether oxygens (including phenoxy) is 1. The zero-order valence-electron chi connectivity index (χ0n) is 14.3. The first-order valence-electron chi connectivity index (χ1n) is 8.01. The minimum atomic E-state index is -0.00220. The molecule has 0 radical (unpaired) electrons. The van der Waals surface area contributed by atoms with Crippen molar-refractivity contribution in [1.29, 1.82) is 0 Å². The highest BCUT2D eigenvalue weighted by Crippen LogP contribution is 2.22. The molecule has 0 aliphatic heterocycles. The topological polar surface area (TPSA) is 44.1 Å². The van der Waals surface area contributed by atoms with Crippen LogP contribution in [0.25, 0.3) is 10.2 Å². The Morgan fingerprint density at radius 2 is 2.08 bits per heavy atom. The lowest BCUT2D eigenvalue weighted by molar-refractivity contribution is 0.343. The molecule has 0 N–H and O–H groups in total. The van der Waals surface area contributed by atoms with Crippen LogP contribution in [0, 0.1) is 13.8 Å². The van der Waals surface area contributed by atoms with E-state index in [2.05, 4.69) is 31.5 Å². The molecule has 2 heterocycles. The number of hydrogen-bond acceptors (Lipinski definition) is 5. The van der Waals surface area contributed by atoms with Gasteiger partial charge < -0.3 is 4.74 Å². The lowest BCUT2D eigenvalue weighted by Gasteiger charge is -2.11. The summed E-state index contributed by atoms with van der Waals surface area (Å²) in [6.45, 7) is 8.87. The SMILES string of the molecule is C=CCn1c(SCCOc2cc(C)cc(C)c2)nc2ccsc2c1=O. The molecule has 0 unspecified atom stereocenters. The van der Waals surface area contributed by atoms with E-state index in [1.807, 2.05) is 23.6 Å². The molecule has 0 bridgehead atoms. The molecule has 0 fully saturated rings. The number of rotatable bonds is 7. The Hall–Kier alpha value is -2.05. The van der Waals surface area contributed by atoms with Crippen LogP contribution in [0.5, 0.6) is 5.75 Å². The molecule has 0 spiro atoms. The van der Waals surface area contributed by atoms with Crippen LogP contribution < -0.4 is 10.3 Å². The number of nitrogens with zero attached hydrogens (tertiary/aromatic N) is 2. The zero-order chi connectivity index (χ0) is 17.8. The van der Waals surface area contributed by atoms with Crippen molar-refractivity contribution in [3.63, 3.8) is 0 Å². The van der Waals surface area contributed by atoms with Gasteiger partial charge in [-0.2, -0.15) is 0 Å². The number of aromatic nitrogens is 2. The number of benzene rings is 1. The average molecular weight is 373 g/mol. The van der Waals surface area contributed by atoms with Gasteiger partial charge in [-0.3, -0.25) is 9.36 Å². The van der Waals surface area contributed by atoms with Crippen LogP contribution in [0.3, 0.4) is 0 Å². The molecule has 6 heteroatoms. The van der Waals surface area contributed by atoms with E-state index in [-0.39, 0.29) is 5.56 Å². The van der Waals surface area contributed by atoms with E-state index in [1.165, 1.54) is 34.2 Å². The van der Waals surface area contributed by atoms with Gasteiger partial charge in [0.2, 0.25) is 0 Å².